The highest BCUT2D eigenvalue weighted by atomic mass is 19.3. The van der Waals surface area contributed by atoms with E-state index < -0.39 is 6.61 Å². The third-order valence-electron chi connectivity index (χ3n) is 6.11. The van der Waals surface area contributed by atoms with Crippen LogP contribution in [0.3, 0.4) is 0 Å². The first kappa shape index (κ1) is 18.9. The quantitative estimate of drug-likeness (QED) is 0.818. The first-order valence-electron chi connectivity index (χ1n) is 9.55. The van der Waals surface area contributed by atoms with Crippen LogP contribution in [0.15, 0.2) is 54.6 Å². The summed E-state index contributed by atoms with van der Waals surface area (Å²) in [6.45, 7) is -2.91. The fourth-order valence-electron chi connectivity index (χ4n) is 4.97. The highest BCUT2D eigenvalue weighted by Crippen LogP contribution is 2.51. The van der Waals surface area contributed by atoms with Gasteiger partial charge in [-0.15, -0.1) is 0 Å². The summed E-state index contributed by atoms with van der Waals surface area (Å²) in [5.41, 5.74) is 1.11. The van der Waals surface area contributed by atoms with E-state index in [1.54, 1.807) is 12.1 Å². The number of fused-ring (bicyclic) bond motifs is 2. The first-order valence-corrected chi connectivity index (χ1v) is 9.55. The molecule has 0 radical (unpaired) electrons. The summed E-state index contributed by atoms with van der Waals surface area (Å²) < 4.78 is 29.4. The molecule has 3 atom stereocenters. The molecule has 1 amide bonds. The monoisotopic (exact) mass is 387 g/mol. The molecule has 2 heterocycles. The number of carbonyl (C=O) groups excluding carboxylic acids is 1. The second-order valence-electron chi connectivity index (χ2n) is 7.75. The molecule has 28 heavy (non-hydrogen) atoms. The molecule has 2 aliphatic heterocycles. The van der Waals surface area contributed by atoms with Crippen molar-refractivity contribution in [1.29, 1.82) is 0 Å². The maximum Gasteiger partial charge on any atom is 0.387 e. The molecule has 4 rings (SSSR count). The number of carbonyl (C=O) groups is 1. The molecule has 1 N–H and O–H groups in total. The van der Waals surface area contributed by atoms with Crippen molar-refractivity contribution in [3.05, 3.63) is 65.7 Å². The molecule has 148 valence electrons. The highest BCUT2D eigenvalue weighted by molar-refractivity contribution is 5.95. The summed E-state index contributed by atoms with van der Waals surface area (Å²) in [6.07, 6.45) is 3.21. The number of benzene rings is 2. The molecule has 0 saturated carbocycles. The van der Waals surface area contributed by atoms with E-state index in [4.69, 9.17) is 0 Å². The molecule has 0 spiro atoms. The van der Waals surface area contributed by atoms with Crippen LogP contribution in [0, 0.1) is 5.41 Å². The molecule has 6 heteroatoms. The minimum absolute atomic E-state index is 0.0153. The molecule has 2 aromatic carbocycles. The van der Waals surface area contributed by atoms with Crippen LogP contribution in [0.1, 0.15) is 35.2 Å². The number of hydrogen-bond acceptors (Lipinski definition) is 3. The predicted octanol–water partition coefficient (Wildman–Crippen LogP) is 3.89. The van der Waals surface area contributed by atoms with Gasteiger partial charge in [0.1, 0.15) is 5.75 Å². The largest absolute Gasteiger partial charge is 0.435 e. The van der Waals surface area contributed by atoms with Crippen LogP contribution in [0.5, 0.6) is 5.75 Å². The zero-order valence-corrected chi connectivity index (χ0v) is 15.4. The molecular weight excluding hydrogens is 364 g/mol. The smallest absolute Gasteiger partial charge is 0.387 e. The Morgan fingerprint density at radius 2 is 1.96 bits per heavy atom. The van der Waals surface area contributed by atoms with Crippen LogP contribution in [-0.2, 0) is 6.42 Å². The van der Waals surface area contributed by atoms with Crippen molar-refractivity contribution >= 4 is 5.91 Å². The number of rotatable bonds is 6. The Bertz CT molecular complexity index is 845. The van der Waals surface area contributed by atoms with Gasteiger partial charge in [-0.2, -0.15) is 8.78 Å². The van der Waals surface area contributed by atoms with E-state index in [1.807, 2.05) is 35.2 Å². The Morgan fingerprint density at radius 3 is 2.68 bits per heavy atom. The molecule has 2 aliphatic rings. The summed E-state index contributed by atoms with van der Waals surface area (Å²) in [4.78, 5) is 15.1. The van der Waals surface area contributed by atoms with Gasteiger partial charge in [0.25, 0.3) is 5.91 Å². The Hall–Kier alpha value is -2.47. The van der Waals surface area contributed by atoms with E-state index in [2.05, 4.69) is 4.74 Å². The maximum atomic E-state index is 13.2. The Kier molecular flexibility index (Phi) is 5.06. The van der Waals surface area contributed by atoms with Crippen molar-refractivity contribution < 1.29 is 23.4 Å². The van der Waals surface area contributed by atoms with E-state index >= 15 is 0 Å². The second kappa shape index (κ2) is 7.51. The Labute approximate surface area is 162 Å². The van der Waals surface area contributed by atoms with Crippen molar-refractivity contribution in [3.63, 3.8) is 0 Å². The Balaban J connectivity index is 1.58. The number of halogens is 2. The summed E-state index contributed by atoms with van der Waals surface area (Å²) in [5.74, 6) is -0.208. The number of aliphatic hydroxyl groups is 1. The van der Waals surface area contributed by atoms with Crippen molar-refractivity contribution in [2.24, 2.45) is 5.41 Å². The van der Waals surface area contributed by atoms with E-state index in [0.717, 1.165) is 24.8 Å². The second-order valence-corrected chi connectivity index (χ2v) is 7.75. The average Bonchev–Trinajstić information content (AvgIpc) is 3.24. The van der Waals surface area contributed by atoms with Crippen LogP contribution in [-0.4, -0.2) is 41.2 Å². The van der Waals surface area contributed by atoms with Crippen LogP contribution in [0.4, 0.5) is 8.78 Å². The van der Waals surface area contributed by atoms with Gasteiger partial charge in [0.15, 0.2) is 0 Å². The number of aliphatic hydroxyl groups excluding tert-OH is 1. The van der Waals surface area contributed by atoms with Gasteiger partial charge in [-0.25, -0.2) is 0 Å². The topological polar surface area (TPSA) is 49.8 Å². The van der Waals surface area contributed by atoms with Gasteiger partial charge in [-0.3, -0.25) is 4.79 Å². The van der Waals surface area contributed by atoms with Gasteiger partial charge in [-0.1, -0.05) is 36.4 Å². The van der Waals surface area contributed by atoms with Crippen LogP contribution in [0.2, 0.25) is 0 Å². The summed E-state index contributed by atoms with van der Waals surface area (Å²) in [6, 6.07) is 15.9. The van der Waals surface area contributed by atoms with Gasteiger partial charge in [0.05, 0.1) is 6.61 Å². The molecule has 0 aromatic heterocycles. The number of amides is 1. The zero-order valence-electron chi connectivity index (χ0n) is 15.4. The molecule has 2 fully saturated rings. The number of ether oxygens (including phenoxy) is 1. The molecule has 4 nitrogen and oxygen atoms in total. The Morgan fingerprint density at radius 1 is 1.18 bits per heavy atom. The van der Waals surface area contributed by atoms with Crippen LogP contribution in [0.25, 0.3) is 0 Å². The molecule has 2 aromatic rings. The number of hydrogen-bond donors (Lipinski definition) is 1. The van der Waals surface area contributed by atoms with E-state index in [-0.39, 0.29) is 35.8 Å². The summed E-state index contributed by atoms with van der Waals surface area (Å²) >= 11 is 0. The molecule has 0 unspecified atom stereocenters. The van der Waals surface area contributed by atoms with E-state index in [9.17, 15) is 18.7 Å². The third kappa shape index (κ3) is 3.37. The standard InChI is InChI=1S/C22H23F2NO3/c23-21(24)28-18-8-4-7-16(11-18)20(27)25-17-9-10-19(25)22(13-17,14-26)12-15-5-2-1-3-6-15/h1-8,11,17,19,21,26H,9-10,12-14H2/t17-,19+,22-/m0/s1. The fourth-order valence-corrected chi connectivity index (χ4v) is 4.97. The van der Waals surface area contributed by atoms with Gasteiger partial charge >= 0.3 is 6.61 Å². The fraction of sp³-hybridized carbons (Fsp3) is 0.409. The van der Waals surface area contributed by atoms with Crippen molar-refractivity contribution in [2.75, 3.05) is 6.61 Å². The summed E-state index contributed by atoms with van der Waals surface area (Å²) in [5, 5.41) is 10.3. The molecule has 2 saturated heterocycles. The lowest BCUT2D eigenvalue weighted by molar-refractivity contribution is -0.0499. The van der Waals surface area contributed by atoms with Gasteiger partial charge < -0.3 is 14.7 Å². The first-order chi connectivity index (χ1) is 13.5. The van der Waals surface area contributed by atoms with Crippen LogP contribution < -0.4 is 4.74 Å². The average molecular weight is 387 g/mol. The van der Waals surface area contributed by atoms with Gasteiger partial charge in [0, 0.05) is 23.1 Å². The number of nitrogens with zero attached hydrogens (tertiary/aromatic N) is 1. The molecule has 0 aliphatic carbocycles. The van der Waals surface area contributed by atoms with Crippen LogP contribution >= 0.6 is 0 Å². The molecular formula is C22H23F2NO3. The van der Waals surface area contributed by atoms with Gasteiger partial charge in [-0.05, 0) is 49.4 Å². The van der Waals surface area contributed by atoms with Gasteiger partial charge in [0.2, 0.25) is 0 Å². The zero-order chi connectivity index (χ0) is 19.7. The maximum absolute atomic E-state index is 13.2. The lowest BCUT2D eigenvalue weighted by atomic mass is 9.70. The lowest BCUT2D eigenvalue weighted by Gasteiger charge is -2.36. The SMILES string of the molecule is O=C(c1cccc(OC(F)F)c1)N1[C@H]2CC[C@@H]1[C@@](CO)(Cc1ccccc1)C2. The highest BCUT2D eigenvalue weighted by Gasteiger charge is 2.57. The van der Waals surface area contributed by atoms with E-state index in [0.29, 0.717) is 12.0 Å². The molecule has 2 bridgehead atoms. The minimum Gasteiger partial charge on any atom is -0.435 e. The van der Waals surface area contributed by atoms with Crippen molar-refractivity contribution in [3.8, 4) is 5.75 Å². The minimum atomic E-state index is -2.93. The summed E-state index contributed by atoms with van der Waals surface area (Å²) in [7, 11) is 0. The van der Waals surface area contributed by atoms with E-state index in [1.165, 1.54) is 12.1 Å². The lowest BCUT2D eigenvalue weighted by Crippen LogP contribution is -2.43. The third-order valence-corrected chi connectivity index (χ3v) is 6.11. The normalized spacial score (nSPS) is 26.1. The number of alkyl halides is 2. The van der Waals surface area contributed by atoms with Crippen molar-refractivity contribution in [2.45, 2.75) is 44.4 Å². The van der Waals surface area contributed by atoms with Crippen molar-refractivity contribution in [1.82, 2.24) is 4.90 Å². The predicted molar refractivity (Wildman–Crippen MR) is 100 cm³/mol.